The first-order valence-corrected chi connectivity index (χ1v) is 20.0. The Bertz CT molecular complexity index is 1860. The van der Waals surface area contributed by atoms with Gasteiger partial charge in [0.25, 0.3) is 0 Å². The second-order valence-corrected chi connectivity index (χ2v) is 21.9. The van der Waals surface area contributed by atoms with Gasteiger partial charge in [-0.3, -0.25) is 0 Å². The summed E-state index contributed by atoms with van der Waals surface area (Å²) in [4.78, 5) is 0. The minimum Gasteiger partial charge on any atom is -0.147 e. The van der Waals surface area contributed by atoms with Gasteiger partial charge in [0, 0.05) is 0 Å². The van der Waals surface area contributed by atoms with Crippen molar-refractivity contribution in [3.8, 4) is 22.3 Å². The van der Waals surface area contributed by atoms with Crippen LogP contribution in [0.3, 0.4) is 0 Å². The van der Waals surface area contributed by atoms with Gasteiger partial charge >= 0.3 is 41.0 Å². The van der Waals surface area contributed by atoms with Crippen LogP contribution in [-0.4, -0.2) is 3.26 Å². The average Bonchev–Trinajstić information content (AvgIpc) is 3.69. The maximum absolute atomic E-state index is 2.38. The maximum Gasteiger partial charge on any atom is -0.147 e. The second kappa shape index (κ2) is 17.7. The van der Waals surface area contributed by atoms with Gasteiger partial charge in [0.05, 0.1) is 0 Å². The molecular formula is C49H62Cl2Hf. The van der Waals surface area contributed by atoms with Crippen LogP contribution in [-0.2, 0) is 45.6 Å². The monoisotopic (exact) mass is 900 g/mol. The van der Waals surface area contributed by atoms with Gasteiger partial charge in [-0.15, -0.1) is 82.8 Å². The quantitative estimate of drug-likeness (QED) is 0.120. The first-order valence-electron chi connectivity index (χ1n) is 18.2. The van der Waals surface area contributed by atoms with Crippen molar-refractivity contribution in [3.05, 3.63) is 131 Å². The van der Waals surface area contributed by atoms with E-state index in [9.17, 15) is 0 Å². The fourth-order valence-electron chi connectivity index (χ4n) is 6.13. The maximum atomic E-state index is 2.38. The third kappa shape index (κ3) is 11.7. The number of halogens is 2. The summed E-state index contributed by atoms with van der Waals surface area (Å²) in [5.74, 6) is 0. The molecule has 0 nitrogen and oxygen atoms in total. The van der Waals surface area contributed by atoms with Gasteiger partial charge in [-0.2, -0.15) is 24.3 Å². The van der Waals surface area contributed by atoms with E-state index in [2.05, 4.69) is 206 Å². The zero-order chi connectivity index (χ0) is 37.2. The molecule has 0 atom stereocenters. The molecule has 6 aromatic rings. The van der Waals surface area contributed by atoms with E-state index in [1.54, 1.807) is 3.26 Å². The number of rotatable bonds is 2. The summed E-state index contributed by atoms with van der Waals surface area (Å²) in [5.41, 5.74) is 11.6. The molecule has 3 heteroatoms. The summed E-state index contributed by atoms with van der Waals surface area (Å²) < 4.78 is 1.56. The largest absolute Gasteiger partial charge is 0.147 e. The van der Waals surface area contributed by atoms with Gasteiger partial charge in [-0.1, -0.05) is 143 Å². The molecule has 0 saturated heterocycles. The van der Waals surface area contributed by atoms with E-state index in [0.29, 0.717) is 0 Å². The zero-order valence-corrected chi connectivity index (χ0v) is 39.4. The minimum absolute atomic E-state index is 0. The van der Waals surface area contributed by atoms with Gasteiger partial charge in [-0.25, -0.2) is 0 Å². The fourth-order valence-corrected chi connectivity index (χ4v) is 6.13. The predicted molar refractivity (Wildman–Crippen MR) is 236 cm³/mol. The van der Waals surface area contributed by atoms with E-state index in [0.717, 1.165) is 0 Å². The smallest absolute Gasteiger partial charge is 0.147 e. The number of hydrogen-bond acceptors (Lipinski definition) is 0. The Morgan fingerprint density at radius 2 is 0.712 bits per heavy atom. The summed E-state index contributed by atoms with van der Waals surface area (Å²) >= 11 is 1.27. The SMILES string of the molecule is CC(C)(C)c1cc(-c2cccc3[cH-]ccc23)cc(C(C)(C)C)c1.CC(C)(C)c1cc(-c2cccc3[cH-]ccc23)cc(C(C)(C)C)c1.C[C](C)=[Hf+2].Cl.Cl. The molecule has 0 radical (unpaired) electrons. The van der Waals surface area contributed by atoms with E-state index in [1.165, 1.54) is 89.9 Å². The van der Waals surface area contributed by atoms with Crippen molar-refractivity contribution in [2.45, 2.75) is 119 Å². The van der Waals surface area contributed by atoms with Crippen LogP contribution in [0.1, 0.15) is 119 Å². The standard InChI is InChI=1S/2C23H27.C3H6.2ClH.Hf/c2*1-22(2,3)18-13-17(14-19(15-18)23(4,5)6)21-12-8-10-16-9-7-11-20(16)21;1-3-2;;;/h2*7-15H,1-6H3;1-2H3;2*1H;/q2*-1;;;;+2. The normalized spacial score (nSPS) is 11.8. The molecule has 6 aromatic carbocycles. The van der Waals surface area contributed by atoms with Crippen molar-refractivity contribution in [1.29, 1.82) is 0 Å². The van der Waals surface area contributed by atoms with E-state index in [-0.39, 0.29) is 46.5 Å². The Labute approximate surface area is 343 Å². The van der Waals surface area contributed by atoms with E-state index in [4.69, 9.17) is 0 Å². The van der Waals surface area contributed by atoms with Gasteiger partial charge < -0.3 is 0 Å². The van der Waals surface area contributed by atoms with E-state index >= 15 is 0 Å². The molecule has 0 heterocycles. The third-order valence-corrected chi connectivity index (χ3v) is 9.31. The first kappa shape index (κ1) is 45.6. The van der Waals surface area contributed by atoms with Crippen LogP contribution in [0, 0.1) is 0 Å². The van der Waals surface area contributed by atoms with E-state index < -0.39 is 0 Å². The summed E-state index contributed by atoms with van der Waals surface area (Å²) in [7, 11) is 0. The summed E-state index contributed by atoms with van der Waals surface area (Å²) in [5, 5.41) is 5.33. The number of fused-ring (bicyclic) bond motifs is 2. The molecule has 0 amide bonds. The molecule has 0 fully saturated rings. The molecule has 0 spiro atoms. The van der Waals surface area contributed by atoms with Crippen molar-refractivity contribution in [1.82, 2.24) is 0 Å². The van der Waals surface area contributed by atoms with Crippen LogP contribution < -0.4 is 0 Å². The topological polar surface area (TPSA) is 0 Å². The fraction of sp³-hybridized carbons (Fsp3) is 0.367. The molecule has 0 saturated carbocycles. The molecule has 0 aliphatic carbocycles. The van der Waals surface area contributed by atoms with Crippen LogP contribution in [0.4, 0.5) is 0 Å². The third-order valence-electron chi connectivity index (χ3n) is 9.31. The Morgan fingerprint density at radius 3 is 0.962 bits per heavy atom. The van der Waals surface area contributed by atoms with Gasteiger partial charge in [-0.05, 0) is 55.0 Å². The van der Waals surface area contributed by atoms with Crippen LogP contribution in [0.15, 0.2) is 109 Å². The van der Waals surface area contributed by atoms with Crippen LogP contribution >= 0.6 is 24.8 Å². The molecule has 0 aliphatic rings. The van der Waals surface area contributed by atoms with Crippen LogP contribution in [0.25, 0.3) is 43.8 Å². The van der Waals surface area contributed by atoms with Gasteiger partial charge in [0.1, 0.15) is 0 Å². The first-order chi connectivity index (χ1) is 23.1. The molecule has 0 bridgehead atoms. The van der Waals surface area contributed by atoms with Gasteiger partial charge in [0.15, 0.2) is 0 Å². The number of hydrogen-bond donors (Lipinski definition) is 0. The number of benzene rings is 4. The summed E-state index contributed by atoms with van der Waals surface area (Å²) in [6.07, 6.45) is 0. The van der Waals surface area contributed by atoms with Crippen molar-refractivity contribution in [2.75, 3.05) is 0 Å². The van der Waals surface area contributed by atoms with Crippen molar-refractivity contribution in [3.63, 3.8) is 0 Å². The molecule has 6 rings (SSSR count). The van der Waals surface area contributed by atoms with Crippen LogP contribution in [0.5, 0.6) is 0 Å². The molecule has 276 valence electrons. The van der Waals surface area contributed by atoms with Crippen LogP contribution in [0.2, 0.25) is 0 Å². The molecule has 0 N–H and O–H groups in total. The zero-order valence-electron chi connectivity index (χ0n) is 34.2. The van der Waals surface area contributed by atoms with Gasteiger partial charge in [0.2, 0.25) is 0 Å². The van der Waals surface area contributed by atoms with E-state index in [1.807, 2.05) is 0 Å². The second-order valence-electron chi connectivity index (χ2n) is 18.3. The predicted octanol–water partition coefficient (Wildman–Crippen LogP) is 15.2. The van der Waals surface area contributed by atoms with Crippen molar-refractivity contribution >= 4 is 49.6 Å². The van der Waals surface area contributed by atoms with Crippen molar-refractivity contribution < 1.29 is 23.9 Å². The van der Waals surface area contributed by atoms with Crippen molar-refractivity contribution in [2.24, 2.45) is 0 Å². The molecule has 0 aliphatic heterocycles. The molecule has 52 heavy (non-hydrogen) atoms. The summed E-state index contributed by atoms with van der Waals surface area (Å²) in [6, 6.07) is 40.6. The molecule has 0 unspecified atom stereocenters. The average molecular weight is 900 g/mol. The Hall–Kier alpha value is -2.58. The molecule has 0 aromatic heterocycles. The summed E-state index contributed by atoms with van der Waals surface area (Å²) in [6.45, 7) is 31.8. The Balaban J connectivity index is 0.000000316. The minimum atomic E-state index is 0. The Kier molecular flexibility index (Phi) is 15.5. The Morgan fingerprint density at radius 1 is 0.442 bits per heavy atom. The molecular weight excluding hydrogens is 838 g/mol.